The van der Waals surface area contributed by atoms with Crippen LogP contribution in [0.25, 0.3) is 0 Å². The molecule has 0 radical (unpaired) electrons. The van der Waals surface area contributed by atoms with Crippen LogP contribution in [0.2, 0.25) is 0 Å². The first kappa shape index (κ1) is 22.5. The van der Waals surface area contributed by atoms with E-state index in [9.17, 15) is 29.6 Å². The highest BCUT2D eigenvalue weighted by atomic mass is 16.6. The first-order valence-electron chi connectivity index (χ1n) is 12.1. The first-order valence-corrected chi connectivity index (χ1v) is 12.1. The third-order valence-electron chi connectivity index (χ3n) is 9.53. The molecule has 0 aromatic heterocycles. The molecule has 2 amide bonds. The number of rotatable bonds is 1. The maximum Gasteiger partial charge on any atom is 0.303 e. The number of fused-ring (bicyclic) bond motifs is 6. The normalized spacial score (nSPS) is 37.9. The Morgan fingerprint density at radius 3 is 2.60 bits per heavy atom. The molecule has 2 N–H and O–H groups in total. The molecule has 1 aromatic rings. The van der Waals surface area contributed by atoms with Gasteiger partial charge in [-0.25, -0.2) is 0 Å². The van der Waals surface area contributed by atoms with Gasteiger partial charge in [0.2, 0.25) is 5.91 Å². The summed E-state index contributed by atoms with van der Waals surface area (Å²) in [4.78, 5) is 54.4. The van der Waals surface area contributed by atoms with E-state index in [1.165, 1.54) is 4.90 Å². The fraction of sp³-hybridized carbons (Fsp3) is 0.640. The van der Waals surface area contributed by atoms with Gasteiger partial charge in [-0.1, -0.05) is 19.9 Å². The summed E-state index contributed by atoms with van der Waals surface area (Å²) in [6, 6.07) is 2.88. The van der Waals surface area contributed by atoms with E-state index in [4.69, 9.17) is 4.74 Å². The summed E-state index contributed by atoms with van der Waals surface area (Å²) in [5.41, 5.74) is -3.93. The number of carbonyl (C=O) groups excluding carboxylic acids is 3. The summed E-state index contributed by atoms with van der Waals surface area (Å²) < 4.78 is 6.02. The van der Waals surface area contributed by atoms with E-state index in [0.717, 1.165) is 0 Å². The molecule has 4 heterocycles. The van der Waals surface area contributed by atoms with Crippen molar-refractivity contribution >= 4 is 23.3 Å². The van der Waals surface area contributed by atoms with Gasteiger partial charge in [0.05, 0.1) is 35.2 Å². The van der Waals surface area contributed by atoms with Crippen molar-refractivity contribution in [1.29, 1.82) is 0 Å². The van der Waals surface area contributed by atoms with Crippen LogP contribution in [0.4, 0.5) is 5.69 Å². The fourth-order valence-corrected chi connectivity index (χ4v) is 7.90. The smallest absolute Gasteiger partial charge is 0.303 e. The molecule has 186 valence electrons. The van der Waals surface area contributed by atoms with E-state index < -0.39 is 56.8 Å². The van der Waals surface area contributed by atoms with Crippen LogP contribution < -0.4 is 10.1 Å². The quantitative estimate of drug-likeness (QED) is 0.460. The van der Waals surface area contributed by atoms with Crippen LogP contribution in [0.1, 0.15) is 69.3 Å². The summed E-state index contributed by atoms with van der Waals surface area (Å²) in [5.74, 6) is -1.62. The van der Waals surface area contributed by atoms with Gasteiger partial charge in [0.1, 0.15) is 11.4 Å². The second-order valence-corrected chi connectivity index (χ2v) is 12.0. The van der Waals surface area contributed by atoms with Gasteiger partial charge in [0, 0.05) is 23.8 Å². The molecule has 1 spiro atoms. The zero-order chi connectivity index (χ0) is 25.3. The Balaban J connectivity index is 1.56. The van der Waals surface area contributed by atoms with Crippen molar-refractivity contribution < 1.29 is 29.2 Å². The Kier molecular flexibility index (Phi) is 4.11. The third kappa shape index (κ3) is 2.41. The van der Waals surface area contributed by atoms with E-state index in [0.29, 0.717) is 23.4 Å². The summed E-state index contributed by atoms with van der Waals surface area (Å²) in [6.07, 6.45) is -0.271. The van der Waals surface area contributed by atoms with Gasteiger partial charge in [0.25, 0.3) is 0 Å². The molecule has 1 aromatic carbocycles. The van der Waals surface area contributed by atoms with Crippen LogP contribution in [0.5, 0.6) is 5.75 Å². The summed E-state index contributed by atoms with van der Waals surface area (Å²) in [7, 11) is 0. The summed E-state index contributed by atoms with van der Waals surface area (Å²) >= 11 is 0. The summed E-state index contributed by atoms with van der Waals surface area (Å²) in [6.45, 7) is 7.52. The maximum absolute atomic E-state index is 13.9. The van der Waals surface area contributed by atoms with Gasteiger partial charge < -0.3 is 20.1 Å². The second kappa shape index (κ2) is 6.40. The molecule has 5 atom stereocenters. The number of nitrogens with one attached hydrogen (secondary N) is 1. The molecule has 0 bridgehead atoms. The van der Waals surface area contributed by atoms with E-state index in [2.05, 4.69) is 5.32 Å². The Morgan fingerprint density at radius 1 is 1.20 bits per heavy atom. The van der Waals surface area contributed by atoms with Gasteiger partial charge in [-0.05, 0) is 43.7 Å². The van der Waals surface area contributed by atoms with E-state index in [1.807, 2.05) is 27.7 Å². The van der Waals surface area contributed by atoms with Crippen LogP contribution >= 0.6 is 0 Å². The molecule has 35 heavy (non-hydrogen) atoms. The van der Waals surface area contributed by atoms with Crippen LogP contribution in [0.15, 0.2) is 12.1 Å². The lowest BCUT2D eigenvalue weighted by Gasteiger charge is -2.45. The number of anilines is 1. The molecule has 10 nitrogen and oxygen atoms in total. The zero-order valence-electron chi connectivity index (χ0n) is 20.2. The van der Waals surface area contributed by atoms with Gasteiger partial charge in [0.15, 0.2) is 5.78 Å². The molecule has 3 fully saturated rings. The molecule has 1 aliphatic carbocycles. The Labute approximate surface area is 202 Å². The second-order valence-electron chi connectivity index (χ2n) is 12.0. The Hall–Kier alpha value is -3.01. The largest absolute Gasteiger partial charge is 0.487 e. The number of benzene rings is 1. The monoisotopic (exact) mass is 483 g/mol. The minimum atomic E-state index is -1.98. The number of ketones is 1. The van der Waals surface area contributed by atoms with Crippen molar-refractivity contribution in [3.63, 3.8) is 0 Å². The molecular weight excluding hydrogens is 454 g/mol. The number of carbonyl (C=O) groups is 3. The number of hydrogen-bond donors (Lipinski definition) is 2. The predicted molar refractivity (Wildman–Crippen MR) is 123 cm³/mol. The SMILES string of the molecule is CC1(C)CC(=O)c2c(ccc3c2NC(=O)[C@@]32C[C@@]3([N+](=O)[O-])C(=O)N4CC[C@H](O)[C@@H]4C[C@H]3C2(C)C)O1. The molecular formula is C25H29N3O7. The Morgan fingerprint density at radius 2 is 1.91 bits per heavy atom. The number of ether oxygens (including phenoxy) is 1. The van der Waals surface area contributed by atoms with Crippen molar-refractivity contribution in [3.05, 3.63) is 33.4 Å². The average molecular weight is 484 g/mol. The lowest BCUT2D eigenvalue weighted by Crippen LogP contribution is -2.64. The lowest BCUT2D eigenvalue weighted by molar-refractivity contribution is -0.565. The number of nitrogens with zero attached hydrogens (tertiary/aromatic N) is 2. The molecule has 10 heteroatoms. The number of aliphatic hydroxyl groups is 1. The average Bonchev–Trinajstić information content (AvgIpc) is 3.33. The highest BCUT2D eigenvalue weighted by Gasteiger charge is 2.81. The zero-order valence-corrected chi connectivity index (χ0v) is 20.2. The highest BCUT2D eigenvalue weighted by molar-refractivity contribution is 6.16. The van der Waals surface area contributed by atoms with Gasteiger partial charge in [-0.2, -0.15) is 0 Å². The first-order chi connectivity index (χ1) is 16.3. The van der Waals surface area contributed by atoms with E-state index >= 15 is 0 Å². The molecule has 6 rings (SSSR count). The van der Waals surface area contributed by atoms with Crippen LogP contribution in [-0.2, 0) is 15.0 Å². The predicted octanol–water partition coefficient (Wildman–Crippen LogP) is 2.05. The lowest BCUT2D eigenvalue weighted by atomic mass is 9.60. The van der Waals surface area contributed by atoms with Gasteiger partial charge in [-0.3, -0.25) is 24.5 Å². The van der Waals surface area contributed by atoms with E-state index in [-0.39, 0.29) is 37.2 Å². The van der Waals surface area contributed by atoms with E-state index in [1.54, 1.807) is 12.1 Å². The Bertz CT molecular complexity index is 1240. The van der Waals surface area contributed by atoms with Gasteiger partial charge in [-0.15, -0.1) is 0 Å². The van der Waals surface area contributed by atoms with Crippen molar-refractivity contribution in [1.82, 2.24) is 4.90 Å². The van der Waals surface area contributed by atoms with Crippen LogP contribution in [0.3, 0.4) is 0 Å². The number of nitro groups is 1. The fourth-order valence-electron chi connectivity index (χ4n) is 7.90. The number of piperidine rings is 1. The molecule has 2 saturated heterocycles. The number of hydrogen-bond acceptors (Lipinski definition) is 7. The highest BCUT2D eigenvalue weighted by Crippen LogP contribution is 2.69. The van der Waals surface area contributed by atoms with Crippen LogP contribution in [0, 0.1) is 21.4 Å². The van der Waals surface area contributed by atoms with Crippen molar-refractivity contribution in [2.45, 2.75) is 82.1 Å². The molecule has 1 saturated carbocycles. The minimum absolute atomic E-state index is 0.136. The van der Waals surface area contributed by atoms with Crippen molar-refractivity contribution in [2.75, 3.05) is 11.9 Å². The maximum atomic E-state index is 13.9. The number of amides is 2. The molecule has 0 unspecified atom stereocenters. The van der Waals surface area contributed by atoms with Crippen molar-refractivity contribution in [3.8, 4) is 5.75 Å². The molecule has 5 aliphatic rings. The number of aliphatic hydroxyl groups excluding tert-OH is 1. The summed E-state index contributed by atoms with van der Waals surface area (Å²) in [5, 5.41) is 26.1. The van der Waals surface area contributed by atoms with Crippen molar-refractivity contribution in [2.24, 2.45) is 11.3 Å². The minimum Gasteiger partial charge on any atom is -0.487 e. The third-order valence-corrected chi connectivity index (χ3v) is 9.53. The number of Topliss-reactive ketones (excluding diaryl/α,β-unsaturated/α-hetero) is 1. The topological polar surface area (TPSA) is 139 Å². The van der Waals surface area contributed by atoms with Gasteiger partial charge >= 0.3 is 11.4 Å². The van der Waals surface area contributed by atoms with Crippen LogP contribution in [-0.4, -0.2) is 62.4 Å². The standard InChI is InChI=1S/C25H29N3O7/c1-22(2)10-15(30)18-16(35-22)6-5-12-19(18)26-20(31)24(12)11-25(28(33)34)17(23(24,3)4)9-13-14(29)7-8-27(13)21(25)32/h5-6,13-14,17,29H,7-11H2,1-4H3,(H,26,31)/t13-,14-,17-,24+,25-/m0/s1. The molecule has 4 aliphatic heterocycles.